The number of ether oxygens (including phenoxy) is 2. The van der Waals surface area contributed by atoms with E-state index in [1.54, 1.807) is 32.1 Å². The molecule has 2 aliphatic rings. The Bertz CT molecular complexity index is 2070. The summed E-state index contributed by atoms with van der Waals surface area (Å²) in [5, 5.41) is 6.19. The van der Waals surface area contributed by atoms with Crippen LogP contribution >= 0.6 is 23.5 Å². The highest BCUT2D eigenvalue weighted by Crippen LogP contribution is 2.50. The largest absolute Gasteiger partial charge is 0.493 e. The minimum atomic E-state index is -0.369. The number of rotatable bonds is 10. The van der Waals surface area contributed by atoms with Gasteiger partial charge < -0.3 is 14.4 Å². The molecule has 0 aliphatic carbocycles. The number of allylic oxidation sites excluding steroid dienone is 2. The molecule has 2 aliphatic heterocycles. The van der Waals surface area contributed by atoms with E-state index < -0.39 is 0 Å². The number of hydrogen-bond donors (Lipinski definition) is 0. The van der Waals surface area contributed by atoms with Crippen LogP contribution in [0.4, 0.5) is 17.1 Å². The molecule has 7 nitrogen and oxygen atoms in total. The Morgan fingerprint density at radius 3 is 1.98 bits per heavy atom. The molecular formula is C41H37N3O4S2. The number of carbonyl (C=O) groups excluding carboxylic acids is 2. The van der Waals surface area contributed by atoms with Gasteiger partial charge in [0.1, 0.15) is 5.57 Å². The van der Waals surface area contributed by atoms with Crippen molar-refractivity contribution in [1.82, 2.24) is 0 Å². The number of fused-ring (bicyclic) bond motifs is 3. The van der Waals surface area contributed by atoms with Gasteiger partial charge in [0.25, 0.3) is 11.8 Å². The molecule has 2 heterocycles. The first-order valence-electron chi connectivity index (χ1n) is 16.4. The van der Waals surface area contributed by atoms with Crippen LogP contribution in [-0.4, -0.2) is 38.3 Å². The van der Waals surface area contributed by atoms with Crippen LogP contribution < -0.4 is 24.4 Å². The number of nitrogens with zero attached hydrogens (tertiary/aromatic N) is 3. The number of benzene rings is 5. The van der Waals surface area contributed by atoms with Gasteiger partial charge in [0.15, 0.2) is 11.5 Å². The molecule has 0 atom stereocenters. The summed E-state index contributed by atoms with van der Waals surface area (Å²) in [5.74, 6) is 1.50. The lowest BCUT2D eigenvalue weighted by Gasteiger charge is -2.28. The second-order valence-corrected chi connectivity index (χ2v) is 15.1. The summed E-state index contributed by atoms with van der Waals surface area (Å²) in [4.78, 5) is 31.5. The van der Waals surface area contributed by atoms with Crippen LogP contribution in [-0.2, 0) is 14.3 Å². The van der Waals surface area contributed by atoms with Gasteiger partial charge in [-0.15, -0.1) is 11.8 Å². The Morgan fingerprint density at radius 1 is 0.720 bits per heavy atom. The average molecular weight is 700 g/mol. The molecule has 0 N–H and O–H groups in total. The lowest BCUT2D eigenvalue weighted by molar-refractivity contribution is -0.116. The van der Waals surface area contributed by atoms with E-state index in [1.165, 1.54) is 10.0 Å². The Balaban J connectivity index is 1.22. The molecule has 9 heteroatoms. The summed E-state index contributed by atoms with van der Waals surface area (Å²) in [6, 6.07) is 37.4. The Kier molecular flexibility index (Phi) is 9.35. The van der Waals surface area contributed by atoms with Crippen molar-refractivity contribution in [2.24, 2.45) is 0 Å². The molecule has 7 rings (SSSR count). The third-order valence-electron chi connectivity index (χ3n) is 8.91. The maximum Gasteiger partial charge on any atom is 0.283 e. The molecule has 252 valence electrons. The zero-order valence-corrected chi connectivity index (χ0v) is 30.0. The van der Waals surface area contributed by atoms with E-state index in [1.807, 2.05) is 90.6 Å². The number of thioether (sulfide) groups is 2. The van der Waals surface area contributed by atoms with E-state index >= 15 is 0 Å². The Hall–Kier alpha value is -5.12. The summed E-state index contributed by atoms with van der Waals surface area (Å²) in [7, 11) is 3.30. The van der Waals surface area contributed by atoms with Gasteiger partial charge in [-0.2, -0.15) is 0 Å². The smallest absolute Gasteiger partial charge is 0.283 e. The van der Waals surface area contributed by atoms with E-state index in [0.29, 0.717) is 22.9 Å². The number of methoxy groups -OCH3 is 2. The van der Waals surface area contributed by atoms with Crippen LogP contribution in [0.5, 0.6) is 11.5 Å². The predicted octanol–water partition coefficient (Wildman–Crippen LogP) is 9.20. The van der Waals surface area contributed by atoms with Gasteiger partial charge in [0, 0.05) is 27.3 Å². The molecule has 0 saturated carbocycles. The summed E-state index contributed by atoms with van der Waals surface area (Å²) in [6.45, 7) is 5.16. The number of amides is 2. The summed E-state index contributed by atoms with van der Waals surface area (Å²) < 4.78 is 10.8. The van der Waals surface area contributed by atoms with Crippen LogP contribution in [0.3, 0.4) is 0 Å². The predicted molar refractivity (Wildman–Crippen MR) is 206 cm³/mol. The zero-order valence-electron chi connectivity index (χ0n) is 28.3. The van der Waals surface area contributed by atoms with Crippen molar-refractivity contribution in [3.8, 4) is 11.5 Å². The van der Waals surface area contributed by atoms with Crippen molar-refractivity contribution < 1.29 is 19.1 Å². The van der Waals surface area contributed by atoms with Crippen LogP contribution in [0.2, 0.25) is 0 Å². The number of para-hydroxylation sites is 2. The molecule has 0 spiro atoms. The minimum Gasteiger partial charge on any atom is -0.493 e. The first kappa shape index (κ1) is 33.4. The van der Waals surface area contributed by atoms with Gasteiger partial charge in [0.2, 0.25) is 0 Å². The van der Waals surface area contributed by atoms with Gasteiger partial charge >= 0.3 is 0 Å². The molecule has 1 fully saturated rings. The van der Waals surface area contributed by atoms with Crippen LogP contribution in [0.15, 0.2) is 143 Å². The van der Waals surface area contributed by atoms with Crippen LogP contribution in [0.1, 0.15) is 19.4 Å². The highest BCUT2D eigenvalue weighted by Gasteiger charge is 2.42. The molecule has 0 radical (unpaired) electrons. The fraction of sp³-hybridized carbons (Fsp3) is 0.171. The Morgan fingerprint density at radius 2 is 1.34 bits per heavy atom. The van der Waals surface area contributed by atoms with Gasteiger partial charge in [-0.1, -0.05) is 84.6 Å². The normalized spacial score (nSPS) is 15.3. The van der Waals surface area contributed by atoms with E-state index in [4.69, 9.17) is 9.47 Å². The molecular weight excluding hydrogens is 663 g/mol. The van der Waals surface area contributed by atoms with Crippen molar-refractivity contribution in [2.45, 2.75) is 23.5 Å². The maximum atomic E-state index is 14.0. The fourth-order valence-electron chi connectivity index (χ4n) is 6.31. The highest BCUT2D eigenvalue weighted by molar-refractivity contribution is 8.03. The third kappa shape index (κ3) is 6.23. The Labute approximate surface area is 301 Å². The van der Waals surface area contributed by atoms with Gasteiger partial charge in [0.05, 0.1) is 36.3 Å². The molecule has 0 bridgehead atoms. The molecule has 5 aromatic carbocycles. The van der Waals surface area contributed by atoms with Gasteiger partial charge in [-0.05, 0) is 79.4 Å². The summed E-state index contributed by atoms with van der Waals surface area (Å²) in [6.07, 6.45) is 3.61. The summed E-state index contributed by atoms with van der Waals surface area (Å²) >= 11 is 3.52. The zero-order chi connectivity index (χ0) is 34.8. The van der Waals surface area contributed by atoms with E-state index in [9.17, 15) is 9.59 Å². The lowest BCUT2D eigenvalue weighted by atomic mass is 10.0. The molecule has 50 heavy (non-hydrogen) atoms. The number of anilines is 3. The molecule has 0 aromatic heterocycles. The van der Waals surface area contributed by atoms with Gasteiger partial charge in [-0.25, -0.2) is 10.0 Å². The lowest BCUT2D eigenvalue weighted by Crippen LogP contribution is -2.41. The van der Waals surface area contributed by atoms with E-state index in [2.05, 4.69) is 61.2 Å². The second kappa shape index (κ2) is 14.0. The first-order valence-corrected chi connectivity index (χ1v) is 18.2. The fourth-order valence-corrected chi connectivity index (χ4v) is 8.49. The van der Waals surface area contributed by atoms with Crippen molar-refractivity contribution in [3.05, 3.63) is 144 Å². The summed E-state index contributed by atoms with van der Waals surface area (Å²) in [5.41, 5.74) is 3.64. The standard InChI is InChI=1S/C41H37N3O4S2/c1-41(2,29-20-22-34(47-3)35(27-29)48-4)49-26-25-42-37(50-36-23-19-28-13-11-12-18-32(28)38(36)42)24-21-33-39(45)43(30-14-7-5-8-15-30)44(40(33)46)31-16-9-6-10-17-31/h5-24,27H,25-26H2,1-4H3. The minimum absolute atomic E-state index is 0.107. The maximum absolute atomic E-state index is 14.0. The van der Waals surface area contributed by atoms with Crippen LogP contribution in [0, 0.1) is 0 Å². The molecule has 5 aromatic rings. The third-order valence-corrected chi connectivity index (χ3v) is 11.4. The van der Waals surface area contributed by atoms with Crippen molar-refractivity contribution in [2.75, 3.05) is 41.4 Å². The monoisotopic (exact) mass is 699 g/mol. The molecule has 0 unspecified atom stereocenters. The van der Waals surface area contributed by atoms with Crippen LogP contribution in [0.25, 0.3) is 10.8 Å². The second-order valence-electron chi connectivity index (χ2n) is 12.3. The number of hydrazine groups is 1. The van der Waals surface area contributed by atoms with Crippen molar-refractivity contribution >= 4 is 63.2 Å². The number of hydrogen-bond acceptors (Lipinski definition) is 7. The average Bonchev–Trinajstić information content (AvgIpc) is 3.63. The molecule has 1 saturated heterocycles. The quantitative estimate of drug-likeness (QED) is 0.106. The van der Waals surface area contributed by atoms with E-state index in [-0.39, 0.29) is 22.1 Å². The van der Waals surface area contributed by atoms with Gasteiger partial charge in [-0.3, -0.25) is 9.59 Å². The topological polar surface area (TPSA) is 62.3 Å². The number of carbonyl (C=O) groups is 2. The van der Waals surface area contributed by atoms with Crippen molar-refractivity contribution in [1.29, 1.82) is 0 Å². The van der Waals surface area contributed by atoms with Crippen molar-refractivity contribution in [3.63, 3.8) is 0 Å². The van der Waals surface area contributed by atoms with E-state index in [0.717, 1.165) is 44.2 Å². The molecule has 2 amide bonds. The first-order chi connectivity index (χ1) is 24.3. The SMILES string of the molecule is COc1ccc(C(C)(C)SCCN2C(=CC=C3C(=O)N(c4ccccc4)N(c4ccccc4)C3=O)Sc3ccc4ccccc4c32)cc1OC. The highest BCUT2D eigenvalue weighted by atomic mass is 32.2.